The molecule has 1 fully saturated rings. The molecule has 1 heterocycles. The summed E-state index contributed by atoms with van der Waals surface area (Å²) >= 11 is 1.59. The van der Waals surface area contributed by atoms with Crippen LogP contribution >= 0.6 is 11.3 Å². The zero-order valence-corrected chi connectivity index (χ0v) is 10.3. The summed E-state index contributed by atoms with van der Waals surface area (Å²) in [6, 6.07) is 2.02. The van der Waals surface area contributed by atoms with Gasteiger partial charge in [0.1, 0.15) is 0 Å². The Morgan fingerprint density at radius 3 is 2.67 bits per heavy atom. The van der Waals surface area contributed by atoms with Crippen LogP contribution in [0.2, 0.25) is 0 Å². The maximum Gasteiger partial charge on any atom is 0.173 e. The Balaban J connectivity index is 2.03. The molecular formula is C13H18OS. The summed E-state index contributed by atoms with van der Waals surface area (Å²) in [6.07, 6.45) is 5.79. The average Bonchev–Trinajstić information content (AvgIpc) is 2.75. The van der Waals surface area contributed by atoms with Crippen molar-refractivity contribution in [3.63, 3.8) is 0 Å². The fourth-order valence-corrected chi connectivity index (χ4v) is 3.30. The van der Waals surface area contributed by atoms with Crippen molar-refractivity contribution in [3.05, 3.63) is 21.9 Å². The number of carbonyl (C=O) groups excluding carboxylic acids is 1. The van der Waals surface area contributed by atoms with Crippen molar-refractivity contribution in [2.45, 2.75) is 46.0 Å². The number of rotatable bonds is 3. The van der Waals surface area contributed by atoms with Crippen LogP contribution in [0.25, 0.3) is 0 Å². The summed E-state index contributed by atoms with van der Waals surface area (Å²) in [6.45, 7) is 4.31. The highest BCUT2D eigenvalue weighted by Gasteiger charge is 2.31. The predicted octanol–water partition coefficient (Wildman–Crippen LogP) is 4.21. The van der Waals surface area contributed by atoms with E-state index in [0.29, 0.717) is 5.78 Å². The zero-order valence-electron chi connectivity index (χ0n) is 9.51. The van der Waals surface area contributed by atoms with Crippen LogP contribution in [0.5, 0.6) is 0 Å². The molecule has 15 heavy (non-hydrogen) atoms. The topological polar surface area (TPSA) is 17.1 Å². The lowest BCUT2D eigenvalue weighted by Crippen LogP contribution is -2.16. The number of hydrogen-bond donors (Lipinski definition) is 0. The van der Waals surface area contributed by atoms with E-state index in [9.17, 15) is 4.79 Å². The van der Waals surface area contributed by atoms with Crippen LogP contribution in [0, 0.1) is 12.3 Å². The summed E-state index contributed by atoms with van der Waals surface area (Å²) in [5.74, 6) is 0.345. The SMILES string of the molecule is Cc1csc(C(=O)CC2(C)CCCC2)c1. The average molecular weight is 222 g/mol. The second kappa shape index (κ2) is 4.09. The smallest absolute Gasteiger partial charge is 0.173 e. The predicted molar refractivity (Wildman–Crippen MR) is 64.6 cm³/mol. The highest BCUT2D eigenvalue weighted by Crippen LogP contribution is 2.41. The first-order chi connectivity index (χ1) is 7.09. The van der Waals surface area contributed by atoms with E-state index in [1.165, 1.54) is 31.2 Å². The molecule has 2 heteroatoms. The molecular weight excluding hydrogens is 204 g/mol. The lowest BCUT2D eigenvalue weighted by Gasteiger charge is -2.21. The molecule has 1 aromatic rings. The van der Waals surface area contributed by atoms with Crippen molar-refractivity contribution < 1.29 is 4.79 Å². The molecule has 0 atom stereocenters. The Kier molecular flexibility index (Phi) is 2.96. The van der Waals surface area contributed by atoms with Crippen molar-refractivity contribution in [3.8, 4) is 0 Å². The molecule has 0 aliphatic heterocycles. The summed E-state index contributed by atoms with van der Waals surface area (Å²) in [7, 11) is 0. The van der Waals surface area contributed by atoms with Gasteiger partial charge in [0.15, 0.2) is 5.78 Å². The number of aryl methyl sites for hydroxylation is 1. The van der Waals surface area contributed by atoms with E-state index < -0.39 is 0 Å². The van der Waals surface area contributed by atoms with Gasteiger partial charge in [0.25, 0.3) is 0 Å². The molecule has 1 nitrogen and oxygen atoms in total. The molecule has 1 aliphatic rings. The molecule has 1 saturated carbocycles. The van der Waals surface area contributed by atoms with Gasteiger partial charge < -0.3 is 0 Å². The van der Waals surface area contributed by atoms with Crippen molar-refractivity contribution >= 4 is 17.1 Å². The van der Waals surface area contributed by atoms with E-state index in [1.54, 1.807) is 11.3 Å². The van der Waals surface area contributed by atoms with Gasteiger partial charge in [-0.2, -0.15) is 0 Å². The molecule has 0 amide bonds. The van der Waals surface area contributed by atoms with Crippen LogP contribution in [0.3, 0.4) is 0 Å². The molecule has 1 aliphatic carbocycles. The zero-order chi connectivity index (χ0) is 10.9. The monoisotopic (exact) mass is 222 g/mol. The van der Waals surface area contributed by atoms with Gasteiger partial charge in [-0.15, -0.1) is 11.3 Å². The third-order valence-corrected chi connectivity index (χ3v) is 4.49. The van der Waals surface area contributed by atoms with Crippen molar-refractivity contribution in [1.29, 1.82) is 0 Å². The van der Waals surface area contributed by atoms with Crippen LogP contribution in [-0.2, 0) is 0 Å². The van der Waals surface area contributed by atoms with E-state index in [0.717, 1.165) is 11.3 Å². The van der Waals surface area contributed by atoms with Crippen molar-refractivity contribution in [1.82, 2.24) is 0 Å². The van der Waals surface area contributed by atoms with Crippen molar-refractivity contribution in [2.75, 3.05) is 0 Å². The quantitative estimate of drug-likeness (QED) is 0.700. The highest BCUT2D eigenvalue weighted by atomic mass is 32.1. The second-order valence-corrected chi connectivity index (χ2v) is 6.02. The maximum atomic E-state index is 12.0. The summed E-state index contributed by atoms with van der Waals surface area (Å²) in [4.78, 5) is 13.0. The Hall–Kier alpha value is -0.630. The molecule has 82 valence electrons. The normalized spacial score (nSPS) is 19.3. The van der Waals surface area contributed by atoms with Gasteiger partial charge in [0.2, 0.25) is 0 Å². The van der Waals surface area contributed by atoms with Gasteiger partial charge in [-0.3, -0.25) is 4.79 Å². The molecule has 1 aromatic heterocycles. The second-order valence-electron chi connectivity index (χ2n) is 5.11. The Morgan fingerprint density at radius 2 is 2.13 bits per heavy atom. The minimum atomic E-state index is 0.287. The van der Waals surface area contributed by atoms with Crippen LogP contribution < -0.4 is 0 Å². The standard InChI is InChI=1S/C13H18OS/c1-10-7-12(15-9-10)11(14)8-13(2)5-3-4-6-13/h7,9H,3-6,8H2,1-2H3. The fraction of sp³-hybridized carbons (Fsp3) is 0.615. The minimum Gasteiger partial charge on any atom is -0.293 e. The van der Waals surface area contributed by atoms with Crippen LogP contribution in [0.15, 0.2) is 11.4 Å². The first-order valence-electron chi connectivity index (χ1n) is 5.67. The Labute approximate surface area is 95.5 Å². The minimum absolute atomic E-state index is 0.287. The molecule has 0 aromatic carbocycles. The van der Waals surface area contributed by atoms with Crippen LogP contribution in [0.4, 0.5) is 0 Å². The first-order valence-corrected chi connectivity index (χ1v) is 6.55. The lowest BCUT2D eigenvalue weighted by molar-refractivity contribution is 0.0928. The maximum absolute atomic E-state index is 12.0. The number of ketones is 1. The van der Waals surface area contributed by atoms with Gasteiger partial charge >= 0.3 is 0 Å². The lowest BCUT2D eigenvalue weighted by atomic mass is 9.83. The molecule has 0 radical (unpaired) electrons. The van der Waals surface area contributed by atoms with Gasteiger partial charge in [-0.05, 0) is 42.2 Å². The number of hydrogen-bond acceptors (Lipinski definition) is 2. The van der Waals surface area contributed by atoms with Gasteiger partial charge in [-0.1, -0.05) is 19.8 Å². The Morgan fingerprint density at radius 1 is 1.47 bits per heavy atom. The molecule has 0 saturated heterocycles. The third kappa shape index (κ3) is 2.49. The van der Waals surface area contributed by atoms with Crippen LogP contribution in [0.1, 0.15) is 54.3 Å². The number of thiophene rings is 1. The highest BCUT2D eigenvalue weighted by molar-refractivity contribution is 7.12. The van der Waals surface area contributed by atoms with Gasteiger partial charge in [0.05, 0.1) is 4.88 Å². The largest absolute Gasteiger partial charge is 0.293 e. The van der Waals surface area contributed by atoms with E-state index in [4.69, 9.17) is 0 Å². The third-order valence-electron chi connectivity index (χ3n) is 3.40. The number of carbonyl (C=O) groups is 1. The molecule has 2 rings (SSSR count). The molecule has 0 N–H and O–H groups in total. The molecule has 0 bridgehead atoms. The van der Waals surface area contributed by atoms with Crippen molar-refractivity contribution in [2.24, 2.45) is 5.41 Å². The molecule has 0 unspecified atom stereocenters. The summed E-state index contributed by atoms with van der Waals surface area (Å²) in [5, 5.41) is 2.06. The summed E-state index contributed by atoms with van der Waals surface area (Å²) < 4.78 is 0. The summed E-state index contributed by atoms with van der Waals surface area (Å²) in [5.41, 5.74) is 1.49. The Bertz CT molecular complexity index is 358. The van der Waals surface area contributed by atoms with Gasteiger partial charge in [-0.25, -0.2) is 0 Å². The van der Waals surface area contributed by atoms with Gasteiger partial charge in [0, 0.05) is 6.42 Å². The van der Waals surface area contributed by atoms with E-state index in [1.807, 2.05) is 13.0 Å². The van der Waals surface area contributed by atoms with E-state index >= 15 is 0 Å². The fourth-order valence-electron chi connectivity index (χ4n) is 2.46. The van der Waals surface area contributed by atoms with E-state index in [2.05, 4.69) is 12.3 Å². The first kappa shape index (κ1) is 10.9. The molecule has 0 spiro atoms. The van der Waals surface area contributed by atoms with E-state index in [-0.39, 0.29) is 5.41 Å². The van der Waals surface area contributed by atoms with Crippen LogP contribution in [-0.4, -0.2) is 5.78 Å². The number of Topliss-reactive ketones (excluding diaryl/α,β-unsaturated/α-hetero) is 1.